The molecule has 0 saturated heterocycles. The first-order chi connectivity index (χ1) is 6.25. The average molecular weight is 201 g/mol. The van der Waals surface area contributed by atoms with Gasteiger partial charge in [0, 0.05) is 6.54 Å². The van der Waals surface area contributed by atoms with E-state index in [1.165, 1.54) is 6.42 Å². The second-order valence-corrected chi connectivity index (χ2v) is 5.43. The van der Waals surface area contributed by atoms with Crippen molar-refractivity contribution in [1.29, 1.82) is 0 Å². The van der Waals surface area contributed by atoms with Crippen LogP contribution in [0.4, 0.5) is 0 Å². The van der Waals surface area contributed by atoms with Crippen molar-refractivity contribution < 1.29 is 5.11 Å². The summed E-state index contributed by atoms with van der Waals surface area (Å²) in [6.07, 6.45) is 1.20. The van der Waals surface area contributed by atoms with Gasteiger partial charge in [0.25, 0.3) is 0 Å². The van der Waals surface area contributed by atoms with E-state index in [0.29, 0.717) is 5.92 Å². The van der Waals surface area contributed by atoms with Crippen LogP contribution in [0.2, 0.25) is 0 Å². The number of hydrogen-bond acceptors (Lipinski definition) is 2. The number of aliphatic hydroxyl groups is 1. The summed E-state index contributed by atoms with van der Waals surface area (Å²) in [5.74, 6) is 1.05. The van der Waals surface area contributed by atoms with Crippen LogP contribution in [0, 0.1) is 11.8 Å². The maximum absolute atomic E-state index is 10.1. The molecule has 0 aliphatic rings. The fourth-order valence-electron chi connectivity index (χ4n) is 1.29. The summed E-state index contributed by atoms with van der Waals surface area (Å²) in [5.41, 5.74) is -0.564. The smallest absolute Gasteiger partial charge is 0.0768 e. The molecule has 1 N–H and O–H groups in total. The largest absolute Gasteiger partial charge is 0.389 e. The highest BCUT2D eigenvalue weighted by Gasteiger charge is 2.26. The van der Waals surface area contributed by atoms with Crippen molar-refractivity contribution in [3.05, 3.63) is 0 Å². The summed E-state index contributed by atoms with van der Waals surface area (Å²) in [6.45, 7) is 12.3. The third-order valence-electron chi connectivity index (χ3n) is 2.92. The van der Waals surface area contributed by atoms with E-state index < -0.39 is 5.60 Å². The fourth-order valence-corrected chi connectivity index (χ4v) is 1.29. The van der Waals surface area contributed by atoms with Gasteiger partial charge in [0.1, 0.15) is 0 Å². The van der Waals surface area contributed by atoms with Gasteiger partial charge in [0.05, 0.1) is 5.60 Å². The molecule has 0 bridgehead atoms. The molecular formula is C12H27NO. The molecule has 0 saturated carbocycles. The van der Waals surface area contributed by atoms with Crippen LogP contribution in [0.25, 0.3) is 0 Å². The van der Waals surface area contributed by atoms with E-state index >= 15 is 0 Å². The Kier molecular flexibility index (Phi) is 5.68. The van der Waals surface area contributed by atoms with Gasteiger partial charge in [-0.3, -0.25) is 0 Å². The second kappa shape index (κ2) is 5.72. The van der Waals surface area contributed by atoms with Crippen molar-refractivity contribution in [1.82, 2.24) is 4.90 Å². The SMILES string of the molecule is CC(C)CCN(C)CC(C)(O)C(C)C. The van der Waals surface area contributed by atoms with E-state index in [0.717, 1.165) is 19.0 Å². The first kappa shape index (κ1) is 13.9. The lowest BCUT2D eigenvalue weighted by atomic mass is 9.92. The predicted molar refractivity (Wildman–Crippen MR) is 62.4 cm³/mol. The van der Waals surface area contributed by atoms with Crippen LogP contribution in [-0.4, -0.2) is 35.7 Å². The minimum absolute atomic E-state index is 0.309. The maximum atomic E-state index is 10.1. The average Bonchev–Trinajstić information content (AvgIpc) is 1.99. The molecule has 2 heteroatoms. The van der Waals surface area contributed by atoms with Crippen molar-refractivity contribution >= 4 is 0 Å². The molecule has 0 aromatic rings. The summed E-state index contributed by atoms with van der Waals surface area (Å²) in [6, 6.07) is 0. The molecular weight excluding hydrogens is 174 g/mol. The van der Waals surface area contributed by atoms with Gasteiger partial charge in [-0.15, -0.1) is 0 Å². The van der Waals surface area contributed by atoms with E-state index in [2.05, 4.69) is 39.6 Å². The van der Waals surface area contributed by atoms with Gasteiger partial charge in [-0.25, -0.2) is 0 Å². The van der Waals surface area contributed by atoms with Gasteiger partial charge < -0.3 is 10.0 Å². The number of rotatable bonds is 6. The summed E-state index contributed by atoms with van der Waals surface area (Å²) in [7, 11) is 2.08. The Balaban J connectivity index is 3.87. The molecule has 0 aromatic heterocycles. The Bertz CT molecular complexity index is 152. The lowest BCUT2D eigenvalue weighted by Gasteiger charge is -2.32. The van der Waals surface area contributed by atoms with Crippen LogP contribution in [-0.2, 0) is 0 Å². The first-order valence-electron chi connectivity index (χ1n) is 5.66. The van der Waals surface area contributed by atoms with Crippen LogP contribution in [0.15, 0.2) is 0 Å². The molecule has 0 radical (unpaired) electrons. The third kappa shape index (κ3) is 5.61. The minimum Gasteiger partial charge on any atom is -0.389 e. The lowest BCUT2D eigenvalue weighted by Crippen LogP contribution is -2.43. The van der Waals surface area contributed by atoms with Gasteiger partial charge in [-0.05, 0) is 38.8 Å². The quantitative estimate of drug-likeness (QED) is 0.713. The molecule has 2 nitrogen and oxygen atoms in total. The Hall–Kier alpha value is -0.0800. The molecule has 0 aromatic carbocycles. The first-order valence-corrected chi connectivity index (χ1v) is 5.66. The van der Waals surface area contributed by atoms with Crippen molar-refractivity contribution in [3.63, 3.8) is 0 Å². The summed E-state index contributed by atoms with van der Waals surface area (Å²) < 4.78 is 0. The van der Waals surface area contributed by atoms with Crippen LogP contribution >= 0.6 is 0 Å². The molecule has 0 heterocycles. The van der Waals surface area contributed by atoms with Gasteiger partial charge in [0.2, 0.25) is 0 Å². The van der Waals surface area contributed by atoms with Gasteiger partial charge in [-0.2, -0.15) is 0 Å². The number of likely N-dealkylation sites (N-methyl/N-ethyl adjacent to an activating group) is 1. The molecule has 1 unspecified atom stereocenters. The van der Waals surface area contributed by atoms with Crippen molar-refractivity contribution in [3.8, 4) is 0 Å². The van der Waals surface area contributed by atoms with Crippen LogP contribution in [0.3, 0.4) is 0 Å². The van der Waals surface area contributed by atoms with Crippen molar-refractivity contribution in [2.75, 3.05) is 20.1 Å². The lowest BCUT2D eigenvalue weighted by molar-refractivity contribution is -0.0137. The summed E-state index contributed by atoms with van der Waals surface area (Å²) >= 11 is 0. The molecule has 0 fully saturated rings. The van der Waals surface area contributed by atoms with Gasteiger partial charge in [0.15, 0.2) is 0 Å². The minimum atomic E-state index is -0.564. The molecule has 0 amide bonds. The normalized spacial score (nSPS) is 16.7. The topological polar surface area (TPSA) is 23.5 Å². The van der Waals surface area contributed by atoms with Gasteiger partial charge >= 0.3 is 0 Å². The highest BCUT2D eigenvalue weighted by atomic mass is 16.3. The summed E-state index contributed by atoms with van der Waals surface area (Å²) in [5, 5.41) is 10.1. The number of hydrogen-bond donors (Lipinski definition) is 1. The van der Waals surface area contributed by atoms with E-state index in [1.807, 2.05) is 6.92 Å². The number of nitrogens with zero attached hydrogens (tertiary/aromatic N) is 1. The van der Waals surface area contributed by atoms with Gasteiger partial charge in [-0.1, -0.05) is 27.7 Å². The Morgan fingerprint density at radius 1 is 1.21 bits per heavy atom. The highest BCUT2D eigenvalue weighted by molar-refractivity contribution is 4.79. The molecule has 14 heavy (non-hydrogen) atoms. The van der Waals surface area contributed by atoms with Crippen LogP contribution < -0.4 is 0 Å². The standard InChI is InChI=1S/C12H27NO/c1-10(2)7-8-13(6)9-12(5,14)11(3)4/h10-11,14H,7-9H2,1-6H3. The van der Waals surface area contributed by atoms with E-state index in [-0.39, 0.29) is 0 Å². The molecule has 1 atom stereocenters. The van der Waals surface area contributed by atoms with E-state index in [4.69, 9.17) is 0 Å². The molecule has 86 valence electrons. The fraction of sp³-hybridized carbons (Fsp3) is 1.00. The Morgan fingerprint density at radius 2 is 1.71 bits per heavy atom. The van der Waals surface area contributed by atoms with Crippen molar-refractivity contribution in [2.45, 2.75) is 46.6 Å². The zero-order valence-corrected chi connectivity index (χ0v) is 10.7. The van der Waals surface area contributed by atoms with Crippen molar-refractivity contribution in [2.24, 2.45) is 11.8 Å². The maximum Gasteiger partial charge on any atom is 0.0768 e. The molecule has 0 spiro atoms. The van der Waals surface area contributed by atoms with Crippen LogP contribution in [0.5, 0.6) is 0 Å². The Morgan fingerprint density at radius 3 is 2.07 bits per heavy atom. The molecule has 0 aliphatic carbocycles. The highest BCUT2D eigenvalue weighted by Crippen LogP contribution is 2.17. The Labute approximate surface area is 89.3 Å². The van der Waals surface area contributed by atoms with Crippen LogP contribution in [0.1, 0.15) is 41.0 Å². The monoisotopic (exact) mass is 201 g/mol. The third-order valence-corrected chi connectivity index (χ3v) is 2.92. The zero-order valence-electron chi connectivity index (χ0n) is 10.7. The van der Waals surface area contributed by atoms with E-state index in [1.54, 1.807) is 0 Å². The molecule has 0 aliphatic heterocycles. The predicted octanol–water partition coefficient (Wildman–Crippen LogP) is 2.37. The summed E-state index contributed by atoms with van der Waals surface area (Å²) in [4.78, 5) is 2.22. The molecule has 0 rings (SSSR count). The second-order valence-electron chi connectivity index (χ2n) is 5.43. The van der Waals surface area contributed by atoms with E-state index in [9.17, 15) is 5.11 Å². The zero-order chi connectivity index (χ0) is 11.4.